The second-order valence-corrected chi connectivity index (χ2v) is 11.5. The molecule has 9 nitrogen and oxygen atoms in total. The largest absolute Gasteiger partial charge is 0.444 e. The van der Waals surface area contributed by atoms with Crippen LogP contribution in [-0.2, 0) is 20.9 Å². The number of likely N-dealkylation sites (N-methyl/N-ethyl adjacent to an activating group) is 2. The average molecular weight is 504 g/mol. The fourth-order valence-electron chi connectivity index (χ4n) is 5.57. The van der Waals surface area contributed by atoms with Crippen LogP contribution in [0.1, 0.15) is 84.4 Å². The molecule has 2 heterocycles. The SMILES string of the molecule is CCC1(CC)CC2(CC=C(c3n[nH]cc3CN(C)CCN(C)C(=O)OC(C)(C)C)CC2)N(OC)C1=O. The molecule has 1 aromatic heterocycles. The molecule has 1 atom stereocenters. The lowest BCUT2D eigenvalue weighted by Crippen LogP contribution is -2.46. The molecule has 0 radical (unpaired) electrons. The summed E-state index contributed by atoms with van der Waals surface area (Å²) in [4.78, 5) is 34.9. The highest BCUT2D eigenvalue weighted by atomic mass is 16.7. The molecule has 0 bridgehead atoms. The zero-order valence-corrected chi connectivity index (χ0v) is 23.4. The van der Waals surface area contributed by atoms with Crippen molar-refractivity contribution in [3.8, 4) is 0 Å². The van der Waals surface area contributed by atoms with Crippen LogP contribution in [0.3, 0.4) is 0 Å². The number of nitrogens with zero attached hydrogens (tertiary/aromatic N) is 4. The standard InChI is InChI=1S/C27H45N5O4/c1-9-26(10-2)19-27(32(35-8)23(26)33)13-11-20(12-14-27)22-21(17-28-29-22)18-30(6)15-16-31(7)24(34)36-25(3,4)5/h11,17H,9-10,12-16,18-19H2,1-8H3,(H,28,29). The van der Waals surface area contributed by atoms with Crippen molar-refractivity contribution in [1.82, 2.24) is 25.1 Å². The summed E-state index contributed by atoms with van der Waals surface area (Å²) in [5, 5.41) is 9.28. The number of aromatic nitrogens is 2. The number of allylic oxidation sites excluding steroid dienone is 1. The van der Waals surface area contributed by atoms with Crippen LogP contribution < -0.4 is 0 Å². The van der Waals surface area contributed by atoms with Gasteiger partial charge in [-0.3, -0.25) is 14.7 Å². The summed E-state index contributed by atoms with van der Waals surface area (Å²) in [5.41, 5.74) is 2.22. The Balaban J connectivity index is 1.64. The van der Waals surface area contributed by atoms with E-state index >= 15 is 0 Å². The van der Waals surface area contributed by atoms with Gasteiger partial charge in [-0.1, -0.05) is 19.9 Å². The Morgan fingerprint density at radius 2 is 1.92 bits per heavy atom. The van der Waals surface area contributed by atoms with Gasteiger partial charge in [0, 0.05) is 38.4 Å². The van der Waals surface area contributed by atoms with Crippen molar-refractivity contribution in [3.05, 3.63) is 23.5 Å². The molecule has 1 spiro atoms. The van der Waals surface area contributed by atoms with Gasteiger partial charge in [0.1, 0.15) is 5.60 Å². The third-order valence-electron chi connectivity index (χ3n) is 7.85. The number of ether oxygens (including phenoxy) is 1. The molecule has 202 valence electrons. The lowest BCUT2D eigenvalue weighted by molar-refractivity contribution is -0.199. The molecule has 3 rings (SSSR count). The van der Waals surface area contributed by atoms with Crippen LogP contribution in [0.5, 0.6) is 0 Å². The Labute approximate surface area is 216 Å². The maximum Gasteiger partial charge on any atom is 0.410 e. The van der Waals surface area contributed by atoms with Crippen LogP contribution in [-0.4, -0.2) is 82.5 Å². The average Bonchev–Trinajstić information content (AvgIpc) is 3.37. The summed E-state index contributed by atoms with van der Waals surface area (Å²) in [6.07, 6.45) is 8.87. The first-order valence-corrected chi connectivity index (χ1v) is 13.1. The molecule has 1 aromatic rings. The van der Waals surface area contributed by atoms with E-state index in [0.29, 0.717) is 19.6 Å². The highest BCUT2D eigenvalue weighted by Gasteiger charge is 2.58. The van der Waals surface area contributed by atoms with E-state index in [4.69, 9.17) is 9.57 Å². The number of aromatic amines is 1. The molecule has 1 aliphatic heterocycles. The van der Waals surface area contributed by atoms with Gasteiger partial charge in [-0.15, -0.1) is 0 Å². The minimum Gasteiger partial charge on any atom is -0.444 e. The first-order valence-electron chi connectivity index (χ1n) is 13.1. The lowest BCUT2D eigenvalue weighted by Gasteiger charge is -2.38. The molecule has 0 aromatic carbocycles. The molecular formula is C27H45N5O4. The number of H-pyrrole nitrogens is 1. The van der Waals surface area contributed by atoms with Crippen LogP contribution in [0.25, 0.3) is 5.57 Å². The number of hydroxylamine groups is 2. The molecule has 2 amide bonds. The molecule has 1 unspecified atom stereocenters. The monoisotopic (exact) mass is 503 g/mol. The van der Waals surface area contributed by atoms with Crippen LogP contribution in [0.15, 0.2) is 12.3 Å². The van der Waals surface area contributed by atoms with Gasteiger partial charge in [-0.05, 0) is 71.9 Å². The van der Waals surface area contributed by atoms with Gasteiger partial charge in [0.25, 0.3) is 5.91 Å². The summed E-state index contributed by atoms with van der Waals surface area (Å²) in [6.45, 7) is 11.8. The summed E-state index contributed by atoms with van der Waals surface area (Å²) < 4.78 is 5.44. The molecule has 1 saturated heterocycles. The van der Waals surface area contributed by atoms with Gasteiger partial charge in [0.05, 0.1) is 23.8 Å². The number of carbonyl (C=O) groups is 2. The third-order valence-corrected chi connectivity index (χ3v) is 7.85. The second-order valence-electron chi connectivity index (χ2n) is 11.5. The van der Waals surface area contributed by atoms with E-state index in [9.17, 15) is 9.59 Å². The third kappa shape index (κ3) is 5.78. The Morgan fingerprint density at radius 1 is 1.22 bits per heavy atom. The smallest absolute Gasteiger partial charge is 0.410 e. The second kappa shape index (κ2) is 10.9. The number of carbonyl (C=O) groups excluding carboxylic acids is 2. The molecule has 9 heteroatoms. The van der Waals surface area contributed by atoms with E-state index < -0.39 is 5.60 Å². The first kappa shape index (κ1) is 28.2. The minimum absolute atomic E-state index is 0.130. The summed E-state index contributed by atoms with van der Waals surface area (Å²) in [6, 6.07) is 0. The fourth-order valence-corrected chi connectivity index (χ4v) is 5.57. The zero-order valence-electron chi connectivity index (χ0n) is 23.4. The van der Waals surface area contributed by atoms with E-state index in [1.54, 1.807) is 24.1 Å². The maximum atomic E-state index is 13.2. The topological polar surface area (TPSA) is 91.0 Å². The predicted molar refractivity (Wildman–Crippen MR) is 140 cm³/mol. The number of hydrogen-bond donors (Lipinski definition) is 1. The highest BCUT2D eigenvalue weighted by molar-refractivity contribution is 5.85. The molecular weight excluding hydrogens is 458 g/mol. The Bertz CT molecular complexity index is 962. The van der Waals surface area contributed by atoms with Gasteiger partial charge < -0.3 is 14.5 Å². The van der Waals surface area contributed by atoms with Crippen molar-refractivity contribution in [3.63, 3.8) is 0 Å². The van der Waals surface area contributed by atoms with E-state index in [-0.39, 0.29) is 23.0 Å². The van der Waals surface area contributed by atoms with Gasteiger partial charge in [0.15, 0.2) is 0 Å². The molecule has 1 fully saturated rings. The number of nitrogens with one attached hydrogen (secondary N) is 1. The first-order chi connectivity index (χ1) is 16.9. The lowest BCUT2D eigenvalue weighted by atomic mass is 9.71. The number of amides is 2. The zero-order chi connectivity index (χ0) is 26.7. The van der Waals surface area contributed by atoms with Gasteiger partial charge in [-0.25, -0.2) is 9.86 Å². The van der Waals surface area contributed by atoms with Crippen LogP contribution in [0.4, 0.5) is 4.79 Å². The van der Waals surface area contributed by atoms with Gasteiger partial charge in [-0.2, -0.15) is 5.10 Å². The van der Waals surface area contributed by atoms with Crippen LogP contribution in [0.2, 0.25) is 0 Å². The summed E-state index contributed by atoms with van der Waals surface area (Å²) >= 11 is 0. The van der Waals surface area contributed by atoms with Crippen molar-refractivity contribution < 1.29 is 19.2 Å². The Hall–Kier alpha value is -2.39. The van der Waals surface area contributed by atoms with Crippen molar-refractivity contribution in [2.45, 2.75) is 90.8 Å². The normalized spacial score (nSPS) is 21.9. The maximum absolute atomic E-state index is 13.2. The van der Waals surface area contributed by atoms with Crippen molar-refractivity contribution in [2.75, 3.05) is 34.3 Å². The number of hydrogen-bond acceptors (Lipinski definition) is 6. The molecule has 1 N–H and O–H groups in total. The summed E-state index contributed by atoms with van der Waals surface area (Å²) in [5.74, 6) is 0.130. The van der Waals surface area contributed by atoms with Crippen LogP contribution >= 0.6 is 0 Å². The van der Waals surface area contributed by atoms with Crippen molar-refractivity contribution in [1.29, 1.82) is 0 Å². The van der Waals surface area contributed by atoms with E-state index in [2.05, 4.69) is 35.0 Å². The molecule has 36 heavy (non-hydrogen) atoms. The van der Waals surface area contributed by atoms with E-state index in [1.165, 1.54) is 5.57 Å². The quantitative estimate of drug-likeness (QED) is 0.529. The Morgan fingerprint density at radius 3 is 2.47 bits per heavy atom. The van der Waals surface area contributed by atoms with E-state index in [0.717, 1.165) is 49.8 Å². The van der Waals surface area contributed by atoms with Gasteiger partial charge >= 0.3 is 6.09 Å². The predicted octanol–water partition coefficient (Wildman–Crippen LogP) is 4.61. The molecule has 0 saturated carbocycles. The van der Waals surface area contributed by atoms with Gasteiger partial charge in [0.2, 0.25) is 0 Å². The molecule has 1 aliphatic carbocycles. The van der Waals surface area contributed by atoms with Crippen molar-refractivity contribution >= 4 is 17.6 Å². The van der Waals surface area contributed by atoms with E-state index in [1.807, 2.05) is 34.0 Å². The minimum atomic E-state index is -0.504. The number of rotatable bonds is 9. The van der Waals surface area contributed by atoms with Crippen LogP contribution in [0, 0.1) is 5.41 Å². The fraction of sp³-hybridized carbons (Fsp3) is 0.741. The summed E-state index contributed by atoms with van der Waals surface area (Å²) in [7, 11) is 5.42. The van der Waals surface area contributed by atoms with Crippen molar-refractivity contribution in [2.24, 2.45) is 5.41 Å². The molecule has 2 aliphatic rings. The highest BCUT2D eigenvalue weighted by Crippen LogP contribution is 2.53. The Kier molecular flexibility index (Phi) is 8.55.